The highest BCUT2D eigenvalue weighted by atomic mass is 16.7. The Morgan fingerprint density at radius 3 is 2.43 bits per heavy atom. The van der Waals surface area contributed by atoms with Crippen LogP contribution in [0.5, 0.6) is 0 Å². The molecule has 0 aliphatic heterocycles. The van der Waals surface area contributed by atoms with Gasteiger partial charge in [0, 0.05) is 6.42 Å². The van der Waals surface area contributed by atoms with Crippen LogP contribution in [0.15, 0.2) is 30.3 Å². The van der Waals surface area contributed by atoms with Crippen molar-refractivity contribution < 1.29 is 14.3 Å². The van der Waals surface area contributed by atoms with Crippen LogP contribution in [0.3, 0.4) is 0 Å². The number of rotatable bonds is 11. The number of carbonyl (C=O) groups is 1. The fraction of sp³-hybridized carbons (Fsp3) is 0.611. The Kier molecular flexibility index (Phi) is 9.55. The van der Waals surface area contributed by atoms with Crippen LogP contribution in [0.4, 0.5) is 0 Å². The van der Waals surface area contributed by atoms with Gasteiger partial charge >= 0.3 is 5.97 Å². The molecule has 0 aliphatic carbocycles. The maximum Gasteiger partial charge on any atom is 0.312 e. The van der Waals surface area contributed by atoms with Crippen LogP contribution in [-0.2, 0) is 20.7 Å². The third-order valence-electron chi connectivity index (χ3n) is 3.30. The van der Waals surface area contributed by atoms with Crippen LogP contribution in [0.1, 0.15) is 57.9 Å². The molecule has 1 aromatic rings. The largest absolute Gasteiger partial charge is 0.436 e. The molecule has 0 fully saturated rings. The van der Waals surface area contributed by atoms with Gasteiger partial charge in [0.05, 0.1) is 13.0 Å². The van der Waals surface area contributed by atoms with Gasteiger partial charge in [-0.3, -0.25) is 4.79 Å². The van der Waals surface area contributed by atoms with Crippen LogP contribution in [0.2, 0.25) is 0 Å². The zero-order valence-corrected chi connectivity index (χ0v) is 13.3. The van der Waals surface area contributed by atoms with Crippen molar-refractivity contribution in [1.29, 1.82) is 0 Å². The highest BCUT2D eigenvalue weighted by molar-refractivity contribution is 5.72. The predicted octanol–water partition coefficient (Wildman–Crippen LogP) is 4.50. The van der Waals surface area contributed by atoms with E-state index in [1.165, 1.54) is 0 Å². The number of unbranched alkanes of at least 4 members (excludes halogenated alkanes) is 3. The maximum absolute atomic E-state index is 12.0. The SMILES string of the molecule is CCCCCC(OCCCC)OC(=O)Cc1ccccc1. The number of benzene rings is 1. The Labute approximate surface area is 128 Å². The van der Waals surface area contributed by atoms with E-state index in [0.29, 0.717) is 13.0 Å². The molecule has 0 radical (unpaired) electrons. The lowest BCUT2D eigenvalue weighted by Crippen LogP contribution is -2.23. The predicted molar refractivity (Wildman–Crippen MR) is 85.0 cm³/mol. The van der Waals surface area contributed by atoms with Crippen LogP contribution in [-0.4, -0.2) is 18.9 Å². The molecule has 0 heterocycles. The van der Waals surface area contributed by atoms with E-state index in [4.69, 9.17) is 9.47 Å². The topological polar surface area (TPSA) is 35.5 Å². The van der Waals surface area contributed by atoms with E-state index in [1.807, 2.05) is 30.3 Å². The summed E-state index contributed by atoms with van der Waals surface area (Å²) in [5, 5.41) is 0. The monoisotopic (exact) mass is 292 g/mol. The van der Waals surface area contributed by atoms with Gasteiger partial charge in [-0.1, -0.05) is 63.4 Å². The van der Waals surface area contributed by atoms with Gasteiger partial charge in [-0.2, -0.15) is 0 Å². The van der Waals surface area contributed by atoms with Gasteiger partial charge in [-0.05, 0) is 18.4 Å². The van der Waals surface area contributed by atoms with Gasteiger partial charge in [0.25, 0.3) is 0 Å². The van der Waals surface area contributed by atoms with Crippen molar-refractivity contribution in [1.82, 2.24) is 0 Å². The van der Waals surface area contributed by atoms with E-state index in [0.717, 1.165) is 44.1 Å². The Morgan fingerprint density at radius 1 is 1.05 bits per heavy atom. The minimum Gasteiger partial charge on any atom is -0.436 e. The number of hydrogen-bond donors (Lipinski definition) is 0. The van der Waals surface area contributed by atoms with E-state index in [1.54, 1.807) is 0 Å². The van der Waals surface area contributed by atoms with Crippen molar-refractivity contribution in [2.75, 3.05) is 6.61 Å². The molecule has 1 rings (SSSR count). The molecule has 0 saturated heterocycles. The number of esters is 1. The van der Waals surface area contributed by atoms with Gasteiger partial charge in [0.15, 0.2) is 0 Å². The quantitative estimate of drug-likeness (QED) is 0.342. The molecule has 3 heteroatoms. The van der Waals surface area contributed by atoms with E-state index in [-0.39, 0.29) is 12.3 Å². The summed E-state index contributed by atoms with van der Waals surface area (Å²) in [4.78, 5) is 12.0. The fourth-order valence-corrected chi connectivity index (χ4v) is 2.05. The Bertz CT molecular complexity index is 365. The van der Waals surface area contributed by atoms with E-state index >= 15 is 0 Å². The first kappa shape index (κ1) is 17.7. The average molecular weight is 292 g/mol. The maximum atomic E-state index is 12.0. The summed E-state index contributed by atoms with van der Waals surface area (Å²) in [6.45, 7) is 4.94. The molecule has 1 aromatic carbocycles. The van der Waals surface area contributed by atoms with E-state index in [9.17, 15) is 4.79 Å². The Morgan fingerprint density at radius 2 is 1.76 bits per heavy atom. The van der Waals surface area contributed by atoms with Gasteiger partial charge in [0.2, 0.25) is 6.29 Å². The molecule has 0 aromatic heterocycles. The van der Waals surface area contributed by atoms with Crippen molar-refractivity contribution in [3.63, 3.8) is 0 Å². The lowest BCUT2D eigenvalue weighted by atomic mass is 10.1. The smallest absolute Gasteiger partial charge is 0.312 e. The van der Waals surface area contributed by atoms with Crippen molar-refractivity contribution in [3.8, 4) is 0 Å². The van der Waals surface area contributed by atoms with Crippen LogP contribution in [0, 0.1) is 0 Å². The zero-order chi connectivity index (χ0) is 15.3. The molecule has 0 aliphatic rings. The van der Waals surface area contributed by atoms with Crippen LogP contribution >= 0.6 is 0 Å². The molecule has 0 saturated carbocycles. The second kappa shape index (κ2) is 11.3. The summed E-state index contributed by atoms with van der Waals surface area (Å²) in [7, 11) is 0. The van der Waals surface area contributed by atoms with Gasteiger partial charge < -0.3 is 9.47 Å². The molecule has 0 spiro atoms. The minimum absolute atomic E-state index is 0.209. The Balaban J connectivity index is 2.39. The third-order valence-corrected chi connectivity index (χ3v) is 3.30. The highest BCUT2D eigenvalue weighted by Crippen LogP contribution is 2.11. The lowest BCUT2D eigenvalue weighted by Gasteiger charge is -2.18. The molecule has 3 nitrogen and oxygen atoms in total. The summed E-state index contributed by atoms with van der Waals surface area (Å²) in [5.74, 6) is -0.209. The zero-order valence-electron chi connectivity index (χ0n) is 13.3. The Hall–Kier alpha value is -1.35. The highest BCUT2D eigenvalue weighted by Gasteiger charge is 2.14. The summed E-state index contributed by atoms with van der Waals surface area (Å²) < 4.78 is 11.2. The van der Waals surface area contributed by atoms with Crippen LogP contribution in [0.25, 0.3) is 0 Å². The number of hydrogen-bond acceptors (Lipinski definition) is 3. The molecule has 1 atom stereocenters. The fourth-order valence-electron chi connectivity index (χ4n) is 2.05. The second-order valence-electron chi connectivity index (χ2n) is 5.30. The minimum atomic E-state index is -0.390. The lowest BCUT2D eigenvalue weighted by molar-refractivity contribution is -0.179. The first-order valence-electron chi connectivity index (χ1n) is 8.11. The average Bonchev–Trinajstić information content (AvgIpc) is 2.48. The van der Waals surface area contributed by atoms with Crippen molar-refractivity contribution in [2.24, 2.45) is 0 Å². The summed E-state index contributed by atoms with van der Waals surface area (Å²) in [6, 6.07) is 9.67. The van der Waals surface area contributed by atoms with Crippen LogP contribution < -0.4 is 0 Å². The van der Waals surface area contributed by atoms with Gasteiger partial charge in [0.1, 0.15) is 0 Å². The molecule has 0 amide bonds. The summed E-state index contributed by atoms with van der Waals surface area (Å²) in [6.07, 6.45) is 6.12. The van der Waals surface area contributed by atoms with E-state index in [2.05, 4.69) is 13.8 Å². The second-order valence-corrected chi connectivity index (χ2v) is 5.30. The van der Waals surface area contributed by atoms with Gasteiger partial charge in [-0.25, -0.2) is 0 Å². The third kappa shape index (κ3) is 8.51. The molecule has 21 heavy (non-hydrogen) atoms. The standard InChI is InChI=1S/C18H28O3/c1-3-5-8-13-18(20-14-6-4-2)21-17(19)15-16-11-9-7-10-12-16/h7,9-12,18H,3-6,8,13-15H2,1-2H3. The molecular formula is C18H28O3. The molecule has 0 N–H and O–H groups in total. The van der Waals surface area contributed by atoms with Crippen molar-refractivity contribution in [2.45, 2.75) is 65.1 Å². The van der Waals surface area contributed by atoms with Crippen molar-refractivity contribution >= 4 is 5.97 Å². The molecule has 118 valence electrons. The summed E-state index contributed by atoms with van der Waals surface area (Å²) >= 11 is 0. The number of carbonyl (C=O) groups excluding carboxylic acids is 1. The molecule has 1 unspecified atom stereocenters. The summed E-state index contributed by atoms with van der Waals surface area (Å²) in [5.41, 5.74) is 0.975. The van der Waals surface area contributed by atoms with Crippen molar-refractivity contribution in [3.05, 3.63) is 35.9 Å². The normalized spacial score (nSPS) is 12.1. The van der Waals surface area contributed by atoms with E-state index < -0.39 is 0 Å². The number of ether oxygens (including phenoxy) is 2. The molecule has 0 bridgehead atoms. The first-order valence-corrected chi connectivity index (χ1v) is 8.11. The first-order chi connectivity index (χ1) is 10.3. The van der Waals surface area contributed by atoms with Gasteiger partial charge in [-0.15, -0.1) is 0 Å². The molecular weight excluding hydrogens is 264 g/mol.